The van der Waals surface area contributed by atoms with Gasteiger partial charge in [-0.05, 0) is 12.1 Å². The Morgan fingerprint density at radius 2 is 2.08 bits per heavy atom. The van der Waals surface area contributed by atoms with Crippen LogP contribution in [0.4, 0.5) is 13.2 Å². The van der Waals surface area contributed by atoms with Gasteiger partial charge >= 0.3 is 6.18 Å². The summed E-state index contributed by atoms with van der Waals surface area (Å²) in [6, 6.07) is 2.98. The minimum atomic E-state index is -4.72. The van der Waals surface area contributed by atoms with Crippen LogP contribution in [0, 0.1) is 0 Å². The molecule has 1 unspecified atom stereocenters. The average Bonchev–Trinajstić information content (AvgIpc) is 3.01. The molecule has 0 radical (unpaired) electrons. The van der Waals surface area contributed by atoms with Crippen molar-refractivity contribution >= 4 is 11.8 Å². The Morgan fingerprint density at radius 3 is 2.72 bits per heavy atom. The fraction of sp³-hybridized carbons (Fsp3) is 0.333. The SMILES string of the molecule is CN1CCn2nc(C(=O)NC(c3ccccn3)C(F)(F)F)cc2C1=O. The molecule has 0 aromatic carbocycles. The van der Waals surface area contributed by atoms with Gasteiger partial charge in [-0.3, -0.25) is 19.3 Å². The van der Waals surface area contributed by atoms with E-state index in [1.54, 1.807) is 7.05 Å². The highest BCUT2D eigenvalue weighted by molar-refractivity contribution is 5.98. The molecule has 0 saturated heterocycles. The van der Waals surface area contributed by atoms with Crippen LogP contribution in [0.15, 0.2) is 30.5 Å². The van der Waals surface area contributed by atoms with Gasteiger partial charge in [-0.25, -0.2) is 0 Å². The van der Waals surface area contributed by atoms with Crippen LogP contribution < -0.4 is 5.32 Å². The van der Waals surface area contributed by atoms with E-state index in [0.717, 1.165) is 0 Å². The third-order valence-corrected chi connectivity index (χ3v) is 3.81. The molecule has 132 valence electrons. The number of hydrogen-bond acceptors (Lipinski definition) is 4. The van der Waals surface area contributed by atoms with E-state index in [9.17, 15) is 22.8 Å². The lowest BCUT2D eigenvalue weighted by molar-refractivity contribution is -0.156. The van der Waals surface area contributed by atoms with Gasteiger partial charge in [-0.1, -0.05) is 6.07 Å². The molecule has 2 amide bonds. The summed E-state index contributed by atoms with van der Waals surface area (Å²) >= 11 is 0. The number of likely N-dealkylation sites (N-methyl/N-ethyl adjacent to an activating group) is 1. The molecule has 25 heavy (non-hydrogen) atoms. The zero-order valence-corrected chi connectivity index (χ0v) is 13.1. The van der Waals surface area contributed by atoms with Gasteiger partial charge in [0.25, 0.3) is 11.8 Å². The minimum absolute atomic E-state index is 0.167. The van der Waals surface area contributed by atoms with Crippen LogP contribution in [0.5, 0.6) is 0 Å². The van der Waals surface area contributed by atoms with Crippen molar-refractivity contribution in [2.75, 3.05) is 13.6 Å². The first-order chi connectivity index (χ1) is 11.8. The predicted molar refractivity (Wildman–Crippen MR) is 79.7 cm³/mol. The number of alkyl halides is 3. The molecule has 2 aromatic heterocycles. The molecule has 1 aliphatic rings. The van der Waals surface area contributed by atoms with Gasteiger partial charge in [-0.15, -0.1) is 0 Å². The molecule has 10 heteroatoms. The van der Waals surface area contributed by atoms with Gasteiger partial charge in [0.1, 0.15) is 5.69 Å². The van der Waals surface area contributed by atoms with Crippen molar-refractivity contribution in [1.29, 1.82) is 0 Å². The van der Waals surface area contributed by atoms with Crippen LogP contribution in [0.3, 0.4) is 0 Å². The molecule has 2 aromatic rings. The van der Waals surface area contributed by atoms with Crippen LogP contribution in [0.1, 0.15) is 32.7 Å². The molecule has 1 atom stereocenters. The number of aromatic nitrogens is 3. The summed E-state index contributed by atoms with van der Waals surface area (Å²) in [4.78, 5) is 29.3. The van der Waals surface area contributed by atoms with Crippen LogP contribution >= 0.6 is 0 Å². The number of carbonyl (C=O) groups excluding carboxylic acids is 2. The molecule has 1 N–H and O–H groups in total. The predicted octanol–water partition coefficient (Wildman–Crippen LogP) is 1.40. The number of amides is 2. The van der Waals surface area contributed by atoms with Gasteiger partial charge in [0.2, 0.25) is 0 Å². The highest BCUT2D eigenvalue weighted by atomic mass is 19.4. The summed E-state index contributed by atoms with van der Waals surface area (Å²) in [5, 5.41) is 5.83. The Hall–Kier alpha value is -2.91. The van der Waals surface area contributed by atoms with E-state index < -0.39 is 18.1 Å². The summed E-state index contributed by atoms with van der Waals surface area (Å²) in [6.45, 7) is 0.779. The Morgan fingerprint density at radius 1 is 1.32 bits per heavy atom. The first-order valence-corrected chi connectivity index (χ1v) is 7.39. The third kappa shape index (κ3) is 3.32. The molecule has 1 aliphatic heterocycles. The molecule has 0 aliphatic carbocycles. The van der Waals surface area contributed by atoms with E-state index in [4.69, 9.17) is 0 Å². The normalized spacial score (nSPS) is 15.7. The highest BCUT2D eigenvalue weighted by Gasteiger charge is 2.43. The summed E-state index contributed by atoms with van der Waals surface area (Å²) < 4.78 is 41.2. The number of fused-ring (bicyclic) bond motifs is 1. The number of rotatable bonds is 3. The van der Waals surface area contributed by atoms with Gasteiger partial charge in [0.15, 0.2) is 11.7 Å². The van der Waals surface area contributed by atoms with E-state index in [2.05, 4.69) is 10.1 Å². The zero-order chi connectivity index (χ0) is 18.2. The third-order valence-electron chi connectivity index (χ3n) is 3.81. The largest absolute Gasteiger partial charge is 0.414 e. The lowest BCUT2D eigenvalue weighted by Crippen LogP contribution is -2.39. The van der Waals surface area contributed by atoms with E-state index in [1.807, 2.05) is 5.32 Å². The smallest absolute Gasteiger partial charge is 0.339 e. The topological polar surface area (TPSA) is 80.1 Å². The number of nitrogens with one attached hydrogen (secondary N) is 1. The molecule has 7 nitrogen and oxygen atoms in total. The first kappa shape index (κ1) is 16.9. The number of pyridine rings is 1. The second-order valence-electron chi connectivity index (χ2n) is 5.57. The van der Waals surface area contributed by atoms with E-state index in [-0.39, 0.29) is 23.0 Å². The number of nitrogens with zero attached hydrogens (tertiary/aromatic N) is 4. The van der Waals surface area contributed by atoms with Crippen molar-refractivity contribution in [2.45, 2.75) is 18.8 Å². The fourth-order valence-electron chi connectivity index (χ4n) is 2.49. The Kier molecular flexibility index (Phi) is 4.19. The van der Waals surface area contributed by atoms with Gasteiger partial charge in [0.05, 0.1) is 12.2 Å². The van der Waals surface area contributed by atoms with Crippen molar-refractivity contribution in [2.24, 2.45) is 0 Å². The fourth-order valence-corrected chi connectivity index (χ4v) is 2.49. The molecule has 0 fully saturated rings. The second kappa shape index (κ2) is 6.19. The maximum Gasteiger partial charge on any atom is 0.414 e. The highest BCUT2D eigenvalue weighted by Crippen LogP contribution is 2.31. The number of hydrogen-bond donors (Lipinski definition) is 1. The lowest BCUT2D eigenvalue weighted by atomic mass is 10.1. The van der Waals surface area contributed by atoms with Gasteiger partial charge < -0.3 is 10.2 Å². The van der Waals surface area contributed by atoms with Gasteiger partial charge in [0, 0.05) is 25.9 Å². The van der Waals surface area contributed by atoms with E-state index in [1.165, 1.54) is 40.0 Å². The van der Waals surface area contributed by atoms with E-state index in [0.29, 0.717) is 13.1 Å². The van der Waals surface area contributed by atoms with Crippen molar-refractivity contribution < 1.29 is 22.8 Å². The van der Waals surface area contributed by atoms with Crippen LogP contribution in [0.25, 0.3) is 0 Å². The Bertz CT molecular complexity index is 803. The van der Waals surface area contributed by atoms with E-state index >= 15 is 0 Å². The Labute approximate surface area is 140 Å². The average molecular weight is 353 g/mol. The van der Waals surface area contributed by atoms with Gasteiger partial charge in [-0.2, -0.15) is 18.3 Å². The van der Waals surface area contributed by atoms with Crippen molar-refractivity contribution in [3.63, 3.8) is 0 Å². The maximum atomic E-state index is 13.3. The van der Waals surface area contributed by atoms with Crippen LogP contribution in [-0.4, -0.2) is 51.2 Å². The molecule has 0 bridgehead atoms. The molecule has 0 spiro atoms. The first-order valence-electron chi connectivity index (χ1n) is 7.39. The van der Waals surface area contributed by atoms with Crippen molar-refractivity contribution in [3.8, 4) is 0 Å². The van der Waals surface area contributed by atoms with Crippen LogP contribution in [-0.2, 0) is 6.54 Å². The molecule has 3 heterocycles. The number of carbonyl (C=O) groups is 2. The van der Waals surface area contributed by atoms with Crippen molar-refractivity contribution in [1.82, 2.24) is 25.0 Å². The minimum Gasteiger partial charge on any atom is -0.339 e. The molecular weight excluding hydrogens is 339 g/mol. The maximum absolute atomic E-state index is 13.3. The molecular formula is C15H14F3N5O2. The van der Waals surface area contributed by atoms with Crippen LogP contribution in [0.2, 0.25) is 0 Å². The summed E-state index contributed by atoms with van der Waals surface area (Å²) in [5.41, 5.74) is -0.410. The second-order valence-corrected chi connectivity index (χ2v) is 5.57. The quantitative estimate of drug-likeness (QED) is 0.905. The summed E-state index contributed by atoms with van der Waals surface area (Å²) in [5.74, 6) is -1.36. The summed E-state index contributed by atoms with van der Waals surface area (Å²) in [7, 11) is 1.60. The zero-order valence-electron chi connectivity index (χ0n) is 13.1. The summed E-state index contributed by atoms with van der Waals surface area (Å²) in [6.07, 6.45) is -3.51. The standard InChI is InChI=1S/C15H14F3N5O2/c1-22-6-7-23-11(14(22)25)8-10(21-23)13(24)20-12(15(16,17)18)9-4-2-3-5-19-9/h2-5,8,12H,6-7H2,1H3,(H,20,24). The molecule has 0 saturated carbocycles. The lowest BCUT2D eigenvalue weighted by Gasteiger charge is -2.22. The Balaban J connectivity index is 1.86. The monoisotopic (exact) mass is 353 g/mol. The number of halogens is 3. The van der Waals surface area contributed by atoms with Crippen molar-refractivity contribution in [3.05, 3.63) is 47.5 Å². The molecule has 3 rings (SSSR count).